The summed E-state index contributed by atoms with van der Waals surface area (Å²) in [6.45, 7) is 0. The molecule has 4 nitrogen and oxygen atoms in total. The fourth-order valence-electron chi connectivity index (χ4n) is 1.33. The predicted molar refractivity (Wildman–Crippen MR) is 66.2 cm³/mol. The molecule has 0 aliphatic heterocycles. The molecule has 0 bridgehead atoms. The molecule has 19 heavy (non-hydrogen) atoms. The molecule has 2 N–H and O–H groups in total. The molecule has 0 aliphatic rings. The van der Waals surface area contributed by atoms with E-state index in [0.29, 0.717) is 15.5 Å². The summed E-state index contributed by atoms with van der Waals surface area (Å²) in [5, 5.41) is 6.96. The normalized spacial score (nSPS) is 11.8. The third-order valence-electron chi connectivity index (χ3n) is 2.23. The van der Waals surface area contributed by atoms with Crippen molar-refractivity contribution in [3.05, 3.63) is 40.7 Å². The number of halogens is 4. The Balaban J connectivity index is 2.13. The fraction of sp³-hybridized carbons (Fsp3) is 0.200. The minimum atomic E-state index is -4.62. The fourth-order valence-corrected chi connectivity index (χ4v) is 2.47. The Bertz CT molecular complexity index is 584. The van der Waals surface area contributed by atoms with Gasteiger partial charge in [-0.1, -0.05) is 41.6 Å². The second-order valence-electron chi connectivity index (χ2n) is 3.55. The average Bonchev–Trinajstić information content (AvgIpc) is 2.69. The Morgan fingerprint density at radius 3 is 2.53 bits per heavy atom. The highest BCUT2D eigenvalue weighted by molar-refractivity contribution is 7.98. The molecule has 1 heterocycles. The maximum Gasteiger partial charge on any atom is 0.453 e. The number of hydrogen-bond acceptors (Lipinski definition) is 4. The number of aromatic nitrogens is 3. The molecule has 1 aromatic carbocycles. The number of benzene rings is 1. The van der Waals surface area contributed by atoms with E-state index in [9.17, 15) is 13.2 Å². The van der Waals surface area contributed by atoms with E-state index in [1.165, 1.54) is 0 Å². The minimum Gasteiger partial charge on any atom is -0.335 e. The van der Waals surface area contributed by atoms with Gasteiger partial charge in [0.2, 0.25) is 5.16 Å². The van der Waals surface area contributed by atoms with Crippen molar-refractivity contribution < 1.29 is 13.2 Å². The van der Waals surface area contributed by atoms with Crippen LogP contribution in [0.25, 0.3) is 0 Å². The SMILES string of the molecule is Nn1c(SCc2ccccc2Cl)nnc1C(F)(F)F. The van der Waals surface area contributed by atoms with Crippen molar-refractivity contribution in [1.29, 1.82) is 0 Å². The van der Waals surface area contributed by atoms with Crippen LogP contribution in [0, 0.1) is 0 Å². The summed E-state index contributed by atoms with van der Waals surface area (Å²) in [6.07, 6.45) is -4.62. The van der Waals surface area contributed by atoms with Gasteiger partial charge in [0.1, 0.15) is 0 Å². The molecule has 102 valence electrons. The lowest BCUT2D eigenvalue weighted by molar-refractivity contribution is -0.146. The molecular formula is C10H8ClF3N4S. The molecule has 0 fully saturated rings. The topological polar surface area (TPSA) is 56.7 Å². The highest BCUT2D eigenvalue weighted by Gasteiger charge is 2.38. The molecule has 0 unspecified atom stereocenters. The van der Waals surface area contributed by atoms with Crippen LogP contribution in [0.5, 0.6) is 0 Å². The van der Waals surface area contributed by atoms with Gasteiger partial charge in [-0.2, -0.15) is 13.2 Å². The maximum absolute atomic E-state index is 12.5. The largest absolute Gasteiger partial charge is 0.453 e. The van der Waals surface area contributed by atoms with Gasteiger partial charge in [-0.3, -0.25) is 0 Å². The molecule has 0 radical (unpaired) electrons. The van der Waals surface area contributed by atoms with E-state index in [-0.39, 0.29) is 5.16 Å². The van der Waals surface area contributed by atoms with E-state index in [0.717, 1.165) is 17.3 Å². The predicted octanol–water partition coefficient (Wildman–Crippen LogP) is 2.96. The van der Waals surface area contributed by atoms with Gasteiger partial charge in [0.05, 0.1) is 0 Å². The summed E-state index contributed by atoms with van der Waals surface area (Å²) < 4.78 is 37.8. The lowest BCUT2D eigenvalue weighted by atomic mass is 10.2. The molecule has 0 aliphatic carbocycles. The van der Waals surface area contributed by atoms with Crippen LogP contribution < -0.4 is 5.84 Å². The van der Waals surface area contributed by atoms with Gasteiger partial charge in [-0.15, -0.1) is 10.2 Å². The van der Waals surface area contributed by atoms with Crippen molar-refractivity contribution in [3.63, 3.8) is 0 Å². The van der Waals surface area contributed by atoms with Crippen molar-refractivity contribution in [1.82, 2.24) is 14.9 Å². The van der Waals surface area contributed by atoms with E-state index < -0.39 is 12.0 Å². The molecule has 0 saturated heterocycles. The molecule has 0 amide bonds. The number of nitrogens with two attached hydrogens (primary N) is 1. The van der Waals surface area contributed by atoms with E-state index in [1.807, 2.05) is 0 Å². The number of hydrogen-bond donors (Lipinski definition) is 1. The Hall–Kier alpha value is -1.41. The molecule has 1 aromatic heterocycles. The van der Waals surface area contributed by atoms with Crippen LogP contribution in [-0.2, 0) is 11.9 Å². The third-order valence-corrected chi connectivity index (χ3v) is 3.59. The molecule has 0 atom stereocenters. The molecule has 0 spiro atoms. The quantitative estimate of drug-likeness (QED) is 0.699. The summed E-state index contributed by atoms with van der Waals surface area (Å²) in [6, 6.07) is 7.03. The lowest BCUT2D eigenvalue weighted by Gasteiger charge is -2.06. The summed E-state index contributed by atoms with van der Waals surface area (Å²) in [7, 11) is 0. The zero-order valence-corrected chi connectivity index (χ0v) is 10.9. The van der Waals surface area contributed by atoms with E-state index >= 15 is 0 Å². The van der Waals surface area contributed by atoms with Gasteiger partial charge < -0.3 is 5.84 Å². The number of nitrogens with zero attached hydrogens (tertiary/aromatic N) is 3. The van der Waals surface area contributed by atoms with Crippen molar-refractivity contribution in [3.8, 4) is 0 Å². The van der Waals surface area contributed by atoms with E-state index in [1.54, 1.807) is 24.3 Å². The lowest BCUT2D eigenvalue weighted by Crippen LogP contribution is -2.21. The minimum absolute atomic E-state index is 0.0211. The van der Waals surface area contributed by atoms with Crippen molar-refractivity contribution in [2.45, 2.75) is 17.1 Å². The first-order valence-corrected chi connectivity index (χ1v) is 6.40. The monoisotopic (exact) mass is 308 g/mol. The molecule has 9 heteroatoms. The first kappa shape index (κ1) is 14.0. The van der Waals surface area contributed by atoms with Crippen molar-refractivity contribution in [2.75, 3.05) is 5.84 Å². The van der Waals surface area contributed by atoms with Crippen LogP contribution in [0.2, 0.25) is 5.02 Å². The van der Waals surface area contributed by atoms with Crippen LogP contribution in [0.4, 0.5) is 13.2 Å². The zero-order chi connectivity index (χ0) is 14.0. The Kier molecular flexibility index (Phi) is 3.91. The van der Waals surface area contributed by atoms with Crippen molar-refractivity contribution >= 4 is 23.4 Å². The van der Waals surface area contributed by atoms with Gasteiger partial charge in [0.25, 0.3) is 5.82 Å². The van der Waals surface area contributed by atoms with Gasteiger partial charge >= 0.3 is 6.18 Å². The number of alkyl halides is 3. The number of thioether (sulfide) groups is 1. The third kappa shape index (κ3) is 3.13. The first-order chi connectivity index (χ1) is 8.89. The second-order valence-corrected chi connectivity index (χ2v) is 4.90. The Labute approximate surface area is 115 Å². The van der Waals surface area contributed by atoms with Crippen LogP contribution in [-0.4, -0.2) is 14.9 Å². The summed E-state index contributed by atoms with van der Waals surface area (Å²) in [4.78, 5) is 0. The van der Waals surface area contributed by atoms with Crippen LogP contribution in [0.1, 0.15) is 11.4 Å². The Morgan fingerprint density at radius 1 is 1.26 bits per heavy atom. The smallest absolute Gasteiger partial charge is 0.335 e. The Morgan fingerprint density at radius 2 is 1.95 bits per heavy atom. The first-order valence-electron chi connectivity index (χ1n) is 5.03. The van der Waals surface area contributed by atoms with Crippen LogP contribution >= 0.6 is 23.4 Å². The summed E-state index contributed by atoms with van der Waals surface area (Å²) in [5.41, 5.74) is 0.783. The summed E-state index contributed by atoms with van der Waals surface area (Å²) >= 11 is 6.97. The van der Waals surface area contributed by atoms with Crippen molar-refractivity contribution in [2.24, 2.45) is 0 Å². The molecule has 2 rings (SSSR count). The van der Waals surface area contributed by atoms with Gasteiger partial charge in [-0.25, -0.2) is 4.68 Å². The standard InChI is InChI=1S/C10H8ClF3N4S/c11-7-4-2-1-3-6(7)5-19-9-17-16-8(18(9)15)10(12,13)14/h1-4H,5,15H2. The summed E-state index contributed by atoms with van der Waals surface area (Å²) in [5.74, 6) is 4.44. The zero-order valence-electron chi connectivity index (χ0n) is 9.36. The van der Waals surface area contributed by atoms with Crippen LogP contribution in [0.3, 0.4) is 0 Å². The highest BCUT2D eigenvalue weighted by atomic mass is 35.5. The molecule has 0 saturated carbocycles. The van der Waals surface area contributed by atoms with Gasteiger partial charge in [0.15, 0.2) is 0 Å². The maximum atomic E-state index is 12.5. The molecule has 2 aromatic rings. The highest BCUT2D eigenvalue weighted by Crippen LogP contribution is 2.30. The van der Waals surface area contributed by atoms with Gasteiger partial charge in [0, 0.05) is 10.8 Å². The van der Waals surface area contributed by atoms with E-state index in [2.05, 4.69) is 10.2 Å². The van der Waals surface area contributed by atoms with E-state index in [4.69, 9.17) is 17.4 Å². The van der Waals surface area contributed by atoms with Crippen LogP contribution in [0.15, 0.2) is 29.4 Å². The molecular weight excluding hydrogens is 301 g/mol. The average molecular weight is 309 g/mol. The number of nitrogen functional groups attached to an aromatic ring is 1. The number of rotatable bonds is 3. The second kappa shape index (κ2) is 5.30. The van der Waals surface area contributed by atoms with Gasteiger partial charge in [-0.05, 0) is 11.6 Å².